The van der Waals surface area contributed by atoms with Crippen molar-refractivity contribution in [3.8, 4) is 17.2 Å². The number of rotatable bonds is 71. The first kappa shape index (κ1) is 101. The Morgan fingerprint density at radius 2 is 0.422 bits per heavy atom. The van der Waals surface area contributed by atoms with Gasteiger partial charge in [-0.3, -0.25) is 0 Å². The van der Waals surface area contributed by atoms with Crippen LogP contribution in [0, 0.1) is 20.8 Å². The van der Waals surface area contributed by atoms with Crippen LogP contribution in [0.2, 0.25) is 0 Å². The summed E-state index contributed by atoms with van der Waals surface area (Å²) in [7, 11) is -4.90. The Kier molecular flexibility index (Phi) is 58.0. The topological polar surface area (TPSA) is 83.1 Å². The lowest BCUT2D eigenvalue weighted by molar-refractivity contribution is 0.197. The van der Waals surface area contributed by atoms with E-state index in [-0.39, 0.29) is 28.1 Å². The Hall–Kier alpha value is -1.89. The van der Waals surface area contributed by atoms with Crippen LogP contribution in [0.4, 0.5) is 0 Å². The Labute approximate surface area is 680 Å². The number of benzene rings is 3. The minimum Gasteiger partial charge on any atom is -0.426 e. The molecule has 3 rings (SSSR count). The van der Waals surface area contributed by atoms with Gasteiger partial charge in [-0.15, -0.1) is 0 Å². The zero-order chi connectivity index (χ0) is 79.8. The van der Waals surface area contributed by atoms with Crippen LogP contribution in [0.25, 0.3) is 0 Å². The number of aryl methyl sites for hydroxylation is 3. The second kappa shape index (κ2) is 62.4. The maximum absolute atomic E-state index is 7.21. The monoisotopic (exact) mass is 1580 g/mol. The maximum Gasteiger partial charge on any atom is 0.397 e. The fraction of sp³-hybridized carbons (Fsp3) is 0.814. The lowest BCUT2D eigenvalue weighted by Crippen LogP contribution is -2.19. The van der Waals surface area contributed by atoms with Gasteiger partial charge in [-0.1, -0.05) is 399 Å². The number of hydrogen-bond acceptors (Lipinski definition) is 9. The van der Waals surface area contributed by atoms with Crippen LogP contribution in [-0.2, 0) is 43.4 Å². The van der Waals surface area contributed by atoms with Gasteiger partial charge in [0.1, 0.15) is 17.2 Å². The Morgan fingerprint density at radius 1 is 0.248 bits per heavy atom. The predicted molar refractivity (Wildman–Crippen MR) is 479 cm³/mol. The van der Waals surface area contributed by atoms with Gasteiger partial charge in [0.25, 0.3) is 0 Å². The first-order valence-electron chi connectivity index (χ1n) is 46.2. The quantitative estimate of drug-likeness (QED) is 0.0405. The van der Waals surface area contributed by atoms with Crippen molar-refractivity contribution < 1.29 is 40.7 Å². The molecule has 0 heterocycles. The van der Waals surface area contributed by atoms with Crippen molar-refractivity contribution >= 4 is 25.8 Å². The summed E-state index contributed by atoms with van der Waals surface area (Å²) < 4.78 is 61.9. The smallest absolute Gasteiger partial charge is 0.397 e. The molecule has 632 valence electrons. The van der Waals surface area contributed by atoms with Gasteiger partial charge in [0, 0.05) is 22.6 Å². The predicted octanol–water partition coefficient (Wildman–Crippen LogP) is 34.6. The lowest BCUT2D eigenvalue weighted by Gasteiger charge is -2.33. The summed E-state index contributed by atoms with van der Waals surface area (Å²) in [6, 6.07) is 14.5. The van der Waals surface area contributed by atoms with Gasteiger partial charge >= 0.3 is 25.8 Å². The minimum absolute atomic E-state index is 0.00746. The molecule has 0 aliphatic rings. The summed E-state index contributed by atoms with van der Waals surface area (Å²) in [5, 5.41) is 0. The molecule has 0 saturated carbocycles. The highest BCUT2D eigenvalue weighted by molar-refractivity contribution is 7.42. The second-order valence-corrected chi connectivity index (χ2v) is 39.3. The van der Waals surface area contributed by atoms with E-state index in [2.05, 4.69) is 168 Å². The van der Waals surface area contributed by atoms with Gasteiger partial charge in [-0.05, 0) is 139 Å². The van der Waals surface area contributed by atoms with Gasteiger partial charge in [-0.25, -0.2) is 0 Å². The van der Waals surface area contributed by atoms with Crippen molar-refractivity contribution in [1.82, 2.24) is 0 Å². The van der Waals surface area contributed by atoms with E-state index in [1.165, 1.54) is 320 Å². The van der Waals surface area contributed by atoms with E-state index in [0.717, 1.165) is 62.2 Å². The standard InChI is InChI=1S/C97H175O9P3/c1-20-26-32-38-44-50-56-62-68-98-107(99-69-63-57-51-45-39-33-27-21-2)104-92-75-82(8)85(78-89(92)95(11,12)13)81(7)74-88(86-79-90(96(14,15)16)93(76-83(86)9)105-108(100-70-64-58-52-46-40-34-28-22-3)101-71-65-59-53-47-41-35-29-23-4)87-80-91(97(17,18)19)94(77-84(87)10)106-109(102-72-66-60-54-48-42-36-30-24-5)103-73-67-61-55-49-43-37-31-25-6/h75-81,88H,20-74H2,1-19H3. The average Bonchev–Trinajstić information content (AvgIpc) is 0.764. The first-order chi connectivity index (χ1) is 52.5. The van der Waals surface area contributed by atoms with E-state index < -0.39 is 25.8 Å². The van der Waals surface area contributed by atoms with Crippen LogP contribution < -0.4 is 13.6 Å². The van der Waals surface area contributed by atoms with E-state index in [1.807, 2.05) is 0 Å². The van der Waals surface area contributed by atoms with Crippen LogP contribution in [-0.4, -0.2) is 39.6 Å². The fourth-order valence-corrected chi connectivity index (χ4v) is 18.2. The number of hydrogen-bond donors (Lipinski definition) is 0. The summed E-state index contributed by atoms with van der Waals surface area (Å²) in [5.41, 5.74) is 10.4. The minimum atomic E-state index is -1.64. The number of unbranched alkanes of at least 4 members (excludes halogenated alkanes) is 42. The van der Waals surface area contributed by atoms with Gasteiger partial charge in [-0.2, -0.15) is 0 Å². The SMILES string of the molecule is CCCCCCCCCCOP(OCCCCCCCCCC)Oc1cc(C)c(C(C)CC(c2cc(C(C)(C)C)c(OP(OCCCCCCCCCC)OCCCCCCCCCC)cc2C)c2cc(C(C)(C)C)c(OP(OCCCCCCCCCC)OCCCCCCCCCC)cc2C)cc1C(C)(C)C. The van der Waals surface area contributed by atoms with Crippen LogP contribution in [0.3, 0.4) is 0 Å². The van der Waals surface area contributed by atoms with Crippen LogP contribution in [0.15, 0.2) is 36.4 Å². The van der Waals surface area contributed by atoms with Crippen molar-refractivity contribution in [3.63, 3.8) is 0 Å². The van der Waals surface area contributed by atoms with Crippen molar-refractivity contribution in [1.29, 1.82) is 0 Å². The fourth-order valence-electron chi connectivity index (χ4n) is 15.0. The van der Waals surface area contributed by atoms with Crippen molar-refractivity contribution in [3.05, 3.63) is 86.5 Å². The Morgan fingerprint density at radius 3 is 0.615 bits per heavy atom. The van der Waals surface area contributed by atoms with E-state index in [0.29, 0.717) is 39.6 Å². The van der Waals surface area contributed by atoms with E-state index >= 15 is 0 Å². The molecule has 3 aromatic rings. The van der Waals surface area contributed by atoms with Gasteiger partial charge in [0.2, 0.25) is 0 Å². The zero-order valence-electron chi connectivity index (χ0n) is 75.0. The molecule has 109 heavy (non-hydrogen) atoms. The molecule has 12 heteroatoms. The molecule has 9 nitrogen and oxygen atoms in total. The molecule has 0 aliphatic heterocycles. The molecular weight excluding hydrogens is 1400 g/mol. The molecule has 0 aliphatic carbocycles. The summed E-state index contributed by atoms with van der Waals surface area (Å²) in [4.78, 5) is 0. The lowest BCUT2D eigenvalue weighted by atomic mass is 9.74. The molecule has 1 unspecified atom stereocenters. The molecule has 1 atom stereocenters. The third-order valence-electron chi connectivity index (χ3n) is 22.1. The van der Waals surface area contributed by atoms with Gasteiger partial charge in [0.05, 0.1) is 39.6 Å². The largest absolute Gasteiger partial charge is 0.426 e. The molecule has 0 fully saturated rings. The van der Waals surface area contributed by atoms with Crippen LogP contribution in [0.1, 0.15) is 487 Å². The maximum atomic E-state index is 7.21. The van der Waals surface area contributed by atoms with Crippen molar-refractivity contribution in [2.75, 3.05) is 39.6 Å². The van der Waals surface area contributed by atoms with Crippen LogP contribution >= 0.6 is 25.8 Å². The van der Waals surface area contributed by atoms with Crippen molar-refractivity contribution in [2.24, 2.45) is 0 Å². The summed E-state index contributed by atoms with van der Waals surface area (Å²) in [6.45, 7) is 48.1. The summed E-state index contributed by atoms with van der Waals surface area (Å²) in [6.07, 6.45) is 60.9. The molecule has 0 spiro atoms. The van der Waals surface area contributed by atoms with Crippen molar-refractivity contribution in [2.45, 2.75) is 474 Å². The molecular formula is C97H175O9P3. The third kappa shape index (κ3) is 46.0. The molecule has 0 radical (unpaired) electrons. The Bertz CT molecular complexity index is 2490. The molecule has 0 aromatic heterocycles. The summed E-state index contributed by atoms with van der Waals surface area (Å²) >= 11 is 0. The molecule has 0 N–H and O–H groups in total. The van der Waals surface area contributed by atoms with E-state index in [9.17, 15) is 0 Å². The molecule has 0 bridgehead atoms. The first-order valence-corrected chi connectivity index (χ1v) is 49.5. The normalized spacial score (nSPS) is 12.7. The highest BCUT2D eigenvalue weighted by Gasteiger charge is 2.34. The van der Waals surface area contributed by atoms with E-state index in [1.54, 1.807) is 0 Å². The van der Waals surface area contributed by atoms with Gasteiger partial charge in [0.15, 0.2) is 0 Å². The van der Waals surface area contributed by atoms with Crippen LogP contribution in [0.5, 0.6) is 17.2 Å². The average molecular weight is 1580 g/mol. The highest BCUT2D eigenvalue weighted by Crippen LogP contribution is 2.52. The second-order valence-electron chi connectivity index (χ2n) is 35.8. The summed E-state index contributed by atoms with van der Waals surface area (Å²) in [5.74, 6) is 2.75. The zero-order valence-corrected chi connectivity index (χ0v) is 77.7. The molecule has 0 amide bonds. The molecule has 3 aromatic carbocycles. The highest BCUT2D eigenvalue weighted by atomic mass is 31.2. The van der Waals surface area contributed by atoms with E-state index in [4.69, 9.17) is 40.7 Å². The third-order valence-corrected chi connectivity index (χ3v) is 25.5. The van der Waals surface area contributed by atoms with Gasteiger partial charge < -0.3 is 40.7 Å². The molecule has 0 saturated heterocycles. The Balaban J connectivity index is 2.27.